The van der Waals surface area contributed by atoms with Crippen LogP contribution in [0, 0.1) is 0 Å². The Morgan fingerprint density at radius 2 is 1.93 bits per heavy atom. The molecule has 0 spiro atoms. The number of rotatable bonds is 7. The molecular weight excluding hydrogens is 481 g/mol. The lowest BCUT2D eigenvalue weighted by Crippen LogP contribution is -2.42. The van der Waals surface area contributed by atoms with Crippen molar-refractivity contribution >= 4 is 41.5 Å². The number of hydrogen-bond donors (Lipinski definition) is 3. The number of halogens is 1. The first-order chi connectivity index (χ1) is 13.7. The molecular formula is C21H30IN5O2. The summed E-state index contributed by atoms with van der Waals surface area (Å²) in [6, 6.07) is 12.1. The van der Waals surface area contributed by atoms with Crippen molar-refractivity contribution in [1.29, 1.82) is 0 Å². The number of carbonyl (C=O) groups excluding carboxylic acids is 1. The molecule has 1 fully saturated rings. The number of guanidine groups is 1. The van der Waals surface area contributed by atoms with Crippen molar-refractivity contribution in [2.45, 2.75) is 25.8 Å². The van der Waals surface area contributed by atoms with E-state index < -0.39 is 0 Å². The molecule has 1 aromatic heterocycles. The number of anilines is 1. The normalized spacial score (nSPS) is 14.8. The van der Waals surface area contributed by atoms with E-state index in [0.717, 1.165) is 13.1 Å². The van der Waals surface area contributed by atoms with Crippen LogP contribution < -0.4 is 20.9 Å². The Labute approximate surface area is 189 Å². The molecule has 0 aliphatic carbocycles. The lowest BCUT2D eigenvalue weighted by Gasteiger charge is -2.22. The molecule has 1 atom stereocenters. The first-order valence-electron chi connectivity index (χ1n) is 9.81. The fourth-order valence-corrected chi connectivity index (χ4v) is 3.30. The standard InChI is InChI=1S/C21H29N5O2.HI/c1-16(17-7-5-8-18(15-17)26-12-3-4-13-26)25-21(22-2)24-11-10-23-20(27)19-9-6-14-28-19;/h5-9,14-16H,3-4,10-13H2,1-2H3,(H,23,27)(H2,22,24,25);1H. The van der Waals surface area contributed by atoms with E-state index >= 15 is 0 Å². The van der Waals surface area contributed by atoms with Crippen molar-refractivity contribution in [3.63, 3.8) is 0 Å². The second-order valence-corrected chi connectivity index (χ2v) is 6.89. The van der Waals surface area contributed by atoms with E-state index in [0.29, 0.717) is 24.8 Å². The minimum atomic E-state index is -0.221. The molecule has 1 saturated heterocycles. The van der Waals surface area contributed by atoms with E-state index in [2.05, 4.69) is 57.0 Å². The van der Waals surface area contributed by atoms with Gasteiger partial charge in [0.1, 0.15) is 0 Å². The van der Waals surface area contributed by atoms with Crippen molar-refractivity contribution in [3.05, 3.63) is 54.0 Å². The van der Waals surface area contributed by atoms with Gasteiger partial charge in [-0.05, 0) is 49.6 Å². The molecule has 7 nitrogen and oxygen atoms in total. The lowest BCUT2D eigenvalue weighted by atomic mass is 10.1. The molecule has 0 bridgehead atoms. The quantitative estimate of drug-likeness (QED) is 0.230. The van der Waals surface area contributed by atoms with E-state index in [1.54, 1.807) is 19.2 Å². The molecule has 29 heavy (non-hydrogen) atoms. The average molecular weight is 511 g/mol. The molecule has 3 rings (SSSR count). The Morgan fingerprint density at radius 1 is 1.17 bits per heavy atom. The van der Waals surface area contributed by atoms with Crippen LogP contribution in [0.1, 0.15) is 41.9 Å². The zero-order valence-corrected chi connectivity index (χ0v) is 19.3. The van der Waals surface area contributed by atoms with Gasteiger partial charge >= 0.3 is 0 Å². The van der Waals surface area contributed by atoms with Gasteiger partial charge in [-0.15, -0.1) is 24.0 Å². The largest absolute Gasteiger partial charge is 0.459 e. The molecule has 0 radical (unpaired) electrons. The number of benzene rings is 1. The molecule has 1 unspecified atom stereocenters. The first-order valence-corrected chi connectivity index (χ1v) is 9.81. The second kappa shape index (κ2) is 11.7. The molecule has 8 heteroatoms. The summed E-state index contributed by atoms with van der Waals surface area (Å²) < 4.78 is 5.07. The van der Waals surface area contributed by atoms with Crippen molar-refractivity contribution in [2.24, 2.45) is 4.99 Å². The van der Waals surface area contributed by atoms with Crippen LogP contribution in [0.15, 0.2) is 52.1 Å². The maximum Gasteiger partial charge on any atom is 0.287 e. The highest BCUT2D eigenvalue weighted by molar-refractivity contribution is 14.0. The van der Waals surface area contributed by atoms with Crippen molar-refractivity contribution < 1.29 is 9.21 Å². The van der Waals surface area contributed by atoms with Crippen LogP contribution in [0.3, 0.4) is 0 Å². The van der Waals surface area contributed by atoms with Gasteiger partial charge in [0.05, 0.1) is 12.3 Å². The summed E-state index contributed by atoms with van der Waals surface area (Å²) in [4.78, 5) is 18.5. The van der Waals surface area contributed by atoms with Crippen LogP contribution >= 0.6 is 24.0 Å². The lowest BCUT2D eigenvalue weighted by molar-refractivity contribution is 0.0926. The predicted molar refractivity (Wildman–Crippen MR) is 127 cm³/mol. The molecule has 1 aromatic carbocycles. The average Bonchev–Trinajstić information content (AvgIpc) is 3.44. The summed E-state index contributed by atoms with van der Waals surface area (Å²) in [5.74, 6) is 0.794. The summed E-state index contributed by atoms with van der Waals surface area (Å²) in [5.41, 5.74) is 2.51. The number of nitrogens with one attached hydrogen (secondary N) is 3. The molecule has 1 amide bonds. The third-order valence-electron chi connectivity index (χ3n) is 4.87. The summed E-state index contributed by atoms with van der Waals surface area (Å²) in [5, 5.41) is 9.43. The van der Waals surface area contributed by atoms with Crippen LogP contribution in [-0.4, -0.2) is 45.1 Å². The highest BCUT2D eigenvalue weighted by atomic mass is 127. The Hall–Kier alpha value is -2.23. The monoisotopic (exact) mass is 511 g/mol. The minimum Gasteiger partial charge on any atom is -0.459 e. The van der Waals surface area contributed by atoms with Crippen molar-refractivity contribution in [3.8, 4) is 0 Å². The van der Waals surface area contributed by atoms with Gasteiger partial charge in [0, 0.05) is 38.9 Å². The third kappa shape index (κ3) is 6.66. The van der Waals surface area contributed by atoms with Crippen LogP contribution in [-0.2, 0) is 0 Å². The molecule has 2 aromatic rings. The van der Waals surface area contributed by atoms with E-state index in [1.807, 2.05) is 0 Å². The smallest absolute Gasteiger partial charge is 0.287 e. The fourth-order valence-electron chi connectivity index (χ4n) is 3.30. The SMILES string of the molecule is CN=C(NCCNC(=O)c1ccco1)NC(C)c1cccc(N2CCCC2)c1.I. The van der Waals surface area contributed by atoms with Gasteiger partial charge in [-0.1, -0.05) is 12.1 Å². The zero-order valence-electron chi connectivity index (χ0n) is 17.0. The van der Waals surface area contributed by atoms with Crippen LogP contribution in [0.2, 0.25) is 0 Å². The molecule has 1 aliphatic rings. The van der Waals surface area contributed by atoms with Gasteiger partial charge in [0.15, 0.2) is 11.7 Å². The van der Waals surface area contributed by atoms with E-state index in [4.69, 9.17) is 4.42 Å². The molecule has 2 heterocycles. The van der Waals surface area contributed by atoms with Crippen LogP contribution in [0.4, 0.5) is 5.69 Å². The molecule has 0 saturated carbocycles. The van der Waals surface area contributed by atoms with Crippen molar-refractivity contribution in [1.82, 2.24) is 16.0 Å². The van der Waals surface area contributed by atoms with Gasteiger partial charge in [-0.3, -0.25) is 9.79 Å². The Kier molecular flexibility index (Phi) is 9.30. The number of amides is 1. The topological polar surface area (TPSA) is 81.9 Å². The summed E-state index contributed by atoms with van der Waals surface area (Å²) in [6.07, 6.45) is 4.02. The summed E-state index contributed by atoms with van der Waals surface area (Å²) >= 11 is 0. The number of furan rings is 1. The number of hydrogen-bond acceptors (Lipinski definition) is 4. The number of aliphatic imine (C=N–C) groups is 1. The second-order valence-electron chi connectivity index (χ2n) is 6.89. The third-order valence-corrected chi connectivity index (χ3v) is 4.87. The number of nitrogens with zero attached hydrogens (tertiary/aromatic N) is 2. The van der Waals surface area contributed by atoms with Crippen molar-refractivity contribution in [2.75, 3.05) is 38.1 Å². The predicted octanol–water partition coefficient (Wildman–Crippen LogP) is 3.15. The highest BCUT2D eigenvalue weighted by Gasteiger charge is 2.14. The zero-order chi connectivity index (χ0) is 19.8. The molecule has 1 aliphatic heterocycles. The molecule has 158 valence electrons. The van der Waals surface area contributed by atoms with Gasteiger partial charge in [-0.25, -0.2) is 0 Å². The number of carbonyl (C=O) groups is 1. The fraction of sp³-hybridized carbons (Fsp3) is 0.429. The Bertz CT molecular complexity index is 788. The highest BCUT2D eigenvalue weighted by Crippen LogP contribution is 2.23. The molecule has 3 N–H and O–H groups in total. The van der Waals surface area contributed by atoms with Gasteiger partial charge in [-0.2, -0.15) is 0 Å². The van der Waals surface area contributed by atoms with E-state index in [1.165, 1.54) is 30.4 Å². The van der Waals surface area contributed by atoms with Gasteiger partial charge in [0.2, 0.25) is 0 Å². The summed E-state index contributed by atoms with van der Waals surface area (Å²) in [7, 11) is 1.74. The minimum absolute atomic E-state index is 0. The first kappa shape index (κ1) is 23.1. The van der Waals surface area contributed by atoms with Crippen LogP contribution in [0.25, 0.3) is 0 Å². The van der Waals surface area contributed by atoms with Crippen LogP contribution in [0.5, 0.6) is 0 Å². The summed E-state index contributed by atoms with van der Waals surface area (Å²) in [6.45, 7) is 5.43. The Balaban J connectivity index is 0.00000300. The van der Waals surface area contributed by atoms with E-state index in [-0.39, 0.29) is 35.9 Å². The van der Waals surface area contributed by atoms with Gasteiger partial charge < -0.3 is 25.3 Å². The van der Waals surface area contributed by atoms with Gasteiger partial charge in [0.25, 0.3) is 5.91 Å². The maximum atomic E-state index is 11.8. The Morgan fingerprint density at radius 3 is 2.62 bits per heavy atom. The maximum absolute atomic E-state index is 11.8. The van der Waals surface area contributed by atoms with E-state index in [9.17, 15) is 4.79 Å².